The summed E-state index contributed by atoms with van der Waals surface area (Å²) in [7, 11) is 0. The van der Waals surface area contributed by atoms with Crippen LogP contribution in [0.3, 0.4) is 0 Å². The van der Waals surface area contributed by atoms with Crippen molar-refractivity contribution in [2.75, 3.05) is 11.9 Å². The van der Waals surface area contributed by atoms with E-state index in [1.807, 2.05) is 0 Å². The predicted octanol–water partition coefficient (Wildman–Crippen LogP) is 0.328. The number of amides is 1. The van der Waals surface area contributed by atoms with Crippen molar-refractivity contribution in [3.05, 3.63) is 12.3 Å². The van der Waals surface area contributed by atoms with E-state index in [-0.39, 0.29) is 5.91 Å². The summed E-state index contributed by atoms with van der Waals surface area (Å²) in [6.07, 6.45) is 1.44. The van der Waals surface area contributed by atoms with Crippen LogP contribution in [0, 0.1) is 0 Å². The highest BCUT2D eigenvalue weighted by Crippen LogP contribution is 2.30. The number of furan rings is 1. The molecule has 2 heterocycles. The molecule has 0 saturated carbocycles. The van der Waals surface area contributed by atoms with Crippen molar-refractivity contribution < 1.29 is 13.9 Å². The van der Waals surface area contributed by atoms with Gasteiger partial charge in [-0.15, -0.1) is 0 Å². The normalized spacial score (nSPS) is 20.4. The fourth-order valence-electron chi connectivity index (χ4n) is 1.22. The van der Waals surface area contributed by atoms with Gasteiger partial charge in [0.15, 0.2) is 6.10 Å². The Kier molecular flexibility index (Phi) is 1.94. The van der Waals surface area contributed by atoms with Crippen LogP contribution < -0.4 is 15.8 Å². The first-order valence-electron chi connectivity index (χ1n) is 4.06. The molecule has 5 heteroatoms. The molecule has 1 aromatic heterocycles. The van der Waals surface area contributed by atoms with Crippen LogP contribution in [-0.2, 0) is 4.79 Å². The third kappa shape index (κ3) is 1.38. The SMILES string of the molecule is NCCC1Oc2occc2NC1=O. The minimum atomic E-state index is -0.524. The van der Waals surface area contributed by atoms with Gasteiger partial charge in [0.1, 0.15) is 5.69 Å². The number of rotatable bonds is 2. The number of carbonyl (C=O) groups is 1. The van der Waals surface area contributed by atoms with Crippen LogP contribution in [0.5, 0.6) is 5.95 Å². The minimum absolute atomic E-state index is 0.167. The highest BCUT2D eigenvalue weighted by atomic mass is 16.6. The monoisotopic (exact) mass is 182 g/mol. The van der Waals surface area contributed by atoms with Crippen molar-refractivity contribution in [2.24, 2.45) is 5.73 Å². The molecule has 5 nitrogen and oxygen atoms in total. The van der Waals surface area contributed by atoms with Gasteiger partial charge in [-0.1, -0.05) is 0 Å². The molecule has 1 aliphatic rings. The zero-order chi connectivity index (χ0) is 9.26. The Bertz CT molecular complexity index is 321. The molecule has 0 fully saturated rings. The highest BCUT2D eigenvalue weighted by molar-refractivity contribution is 5.97. The second-order valence-corrected chi connectivity index (χ2v) is 2.79. The number of nitrogens with two attached hydrogens (primary N) is 1. The molecular weight excluding hydrogens is 172 g/mol. The zero-order valence-electron chi connectivity index (χ0n) is 6.95. The lowest BCUT2D eigenvalue weighted by atomic mass is 10.2. The Morgan fingerprint density at radius 2 is 2.46 bits per heavy atom. The smallest absolute Gasteiger partial charge is 0.309 e. The fourth-order valence-corrected chi connectivity index (χ4v) is 1.22. The van der Waals surface area contributed by atoms with E-state index in [4.69, 9.17) is 14.9 Å². The van der Waals surface area contributed by atoms with E-state index in [9.17, 15) is 4.79 Å². The average Bonchev–Trinajstić information content (AvgIpc) is 2.52. The summed E-state index contributed by atoms with van der Waals surface area (Å²) in [6.45, 7) is 0.411. The van der Waals surface area contributed by atoms with Gasteiger partial charge in [-0.2, -0.15) is 0 Å². The minimum Gasteiger partial charge on any atom is -0.450 e. The van der Waals surface area contributed by atoms with E-state index < -0.39 is 6.10 Å². The lowest BCUT2D eigenvalue weighted by Crippen LogP contribution is -2.37. The average molecular weight is 182 g/mol. The van der Waals surface area contributed by atoms with Crippen LogP contribution in [-0.4, -0.2) is 18.6 Å². The van der Waals surface area contributed by atoms with Crippen LogP contribution in [0.4, 0.5) is 5.69 Å². The van der Waals surface area contributed by atoms with Crippen molar-refractivity contribution in [3.63, 3.8) is 0 Å². The first-order valence-corrected chi connectivity index (χ1v) is 4.06. The van der Waals surface area contributed by atoms with Gasteiger partial charge in [0.2, 0.25) is 0 Å². The highest BCUT2D eigenvalue weighted by Gasteiger charge is 2.28. The maximum atomic E-state index is 11.3. The Hall–Kier alpha value is -1.49. The summed E-state index contributed by atoms with van der Waals surface area (Å²) in [5, 5.41) is 2.66. The fraction of sp³-hybridized carbons (Fsp3) is 0.375. The second-order valence-electron chi connectivity index (χ2n) is 2.79. The predicted molar refractivity (Wildman–Crippen MR) is 45.4 cm³/mol. The topological polar surface area (TPSA) is 77.5 Å². The third-order valence-corrected chi connectivity index (χ3v) is 1.86. The molecule has 1 aromatic rings. The number of hydrogen-bond donors (Lipinski definition) is 2. The molecule has 3 N–H and O–H groups in total. The number of anilines is 1. The molecule has 0 aliphatic carbocycles. The molecule has 2 rings (SSSR count). The van der Waals surface area contributed by atoms with E-state index in [0.717, 1.165) is 0 Å². The molecule has 0 radical (unpaired) electrons. The Morgan fingerprint density at radius 1 is 1.62 bits per heavy atom. The van der Waals surface area contributed by atoms with Crippen LogP contribution in [0.2, 0.25) is 0 Å². The van der Waals surface area contributed by atoms with E-state index in [2.05, 4.69) is 5.32 Å². The molecular formula is C8H10N2O3. The van der Waals surface area contributed by atoms with Gasteiger partial charge in [-0.25, -0.2) is 0 Å². The van der Waals surface area contributed by atoms with Crippen molar-refractivity contribution in [1.29, 1.82) is 0 Å². The van der Waals surface area contributed by atoms with Gasteiger partial charge in [-0.3, -0.25) is 4.79 Å². The number of ether oxygens (including phenoxy) is 1. The van der Waals surface area contributed by atoms with Crippen molar-refractivity contribution in [3.8, 4) is 5.95 Å². The molecule has 1 amide bonds. The van der Waals surface area contributed by atoms with E-state index in [1.165, 1.54) is 6.26 Å². The standard InChI is InChI=1S/C8H10N2O3/c9-3-1-6-7(11)10-5-2-4-12-8(5)13-6/h2,4,6H,1,3,9H2,(H,10,11). The van der Waals surface area contributed by atoms with Gasteiger partial charge in [0.25, 0.3) is 5.91 Å². The van der Waals surface area contributed by atoms with Gasteiger partial charge < -0.3 is 20.2 Å². The molecule has 0 saturated heterocycles. The summed E-state index contributed by atoms with van der Waals surface area (Å²) >= 11 is 0. The summed E-state index contributed by atoms with van der Waals surface area (Å²) < 4.78 is 10.3. The third-order valence-electron chi connectivity index (χ3n) is 1.86. The molecule has 0 bridgehead atoms. The Labute approximate surface area is 74.8 Å². The van der Waals surface area contributed by atoms with Crippen LogP contribution in [0.1, 0.15) is 6.42 Å². The number of nitrogens with one attached hydrogen (secondary N) is 1. The van der Waals surface area contributed by atoms with Crippen LogP contribution in [0.25, 0.3) is 0 Å². The number of hydrogen-bond acceptors (Lipinski definition) is 4. The quantitative estimate of drug-likeness (QED) is 0.690. The largest absolute Gasteiger partial charge is 0.450 e. The summed E-state index contributed by atoms with van der Waals surface area (Å²) in [6, 6.07) is 1.64. The van der Waals surface area contributed by atoms with Crippen LogP contribution in [0.15, 0.2) is 16.7 Å². The maximum Gasteiger partial charge on any atom is 0.309 e. The first-order chi connectivity index (χ1) is 6.31. The molecule has 1 aliphatic heterocycles. The van der Waals surface area contributed by atoms with Gasteiger partial charge in [0.05, 0.1) is 6.26 Å². The zero-order valence-corrected chi connectivity index (χ0v) is 6.95. The lowest BCUT2D eigenvalue weighted by Gasteiger charge is -2.21. The molecule has 0 spiro atoms. The maximum absolute atomic E-state index is 11.3. The molecule has 70 valence electrons. The molecule has 13 heavy (non-hydrogen) atoms. The summed E-state index contributed by atoms with van der Waals surface area (Å²) in [4.78, 5) is 11.3. The van der Waals surface area contributed by atoms with E-state index in [1.54, 1.807) is 6.07 Å². The van der Waals surface area contributed by atoms with Crippen molar-refractivity contribution in [1.82, 2.24) is 0 Å². The van der Waals surface area contributed by atoms with E-state index in [0.29, 0.717) is 24.6 Å². The Balaban J connectivity index is 2.17. The number of fused-ring (bicyclic) bond motifs is 1. The lowest BCUT2D eigenvalue weighted by molar-refractivity contribution is -0.124. The Morgan fingerprint density at radius 3 is 3.23 bits per heavy atom. The first kappa shape index (κ1) is 8.12. The molecule has 1 unspecified atom stereocenters. The van der Waals surface area contributed by atoms with Gasteiger partial charge in [-0.05, 0) is 6.54 Å². The summed E-state index contributed by atoms with van der Waals surface area (Å²) in [5.74, 6) is 0.192. The van der Waals surface area contributed by atoms with Gasteiger partial charge >= 0.3 is 5.95 Å². The van der Waals surface area contributed by atoms with Gasteiger partial charge in [0, 0.05) is 12.5 Å². The summed E-state index contributed by atoms with van der Waals surface area (Å²) in [5.41, 5.74) is 5.91. The molecule has 1 atom stereocenters. The van der Waals surface area contributed by atoms with Crippen molar-refractivity contribution >= 4 is 11.6 Å². The second kappa shape index (κ2) is 3.10. The molecule has 0 aromatic carbocycles. The van der Waals surface area contributed by atoms with Crippen molar-refractivity contribution in [2.45, 2.75) is 12.5 Å². The number of carbonyl (C=O) groups excluding carboxylic acids is 1. The van der Waals surface area contributed by atoms with E-state index >= 15 is 0 Å². The van der Waals surface area contributed by atoms with Crippen LogP contribution >= 0.6 is 0 Å².